The van der Waals surface area contributed by atoms with Crippen LogP contribution in [0.1, 0.15) is 48.5 Å². The zero-order valence-electron chi connectivity index (χ0n) is 15.2. The molecule has 1 saturated heterocycles. The molecule has 1 aliphatic rings. The Morgan fingerprint density at radius 1 is 1.21 bits per heavy atom. The van der Waals surface area contributed by atoms with Gasteiger partial charge in [-0.05, 0) is 48.5 Å². The van der Waals surface area contributed by atoms with Crippen molar-refractivity contribution in [3.63, 3.8) is 0 Å². The summed E-state index contributed by atoms with van der Waals surface area (Å²) in [5, 5.41) is 2.52. The van der Waals surface area contributed by atoms with Crippen LogP contribution in [0.5, 0.6) is 0 Å². The Balaban J connectivity index is 2.30. The molecule has 0 atom stereocenters. The number of ether oxygens (including phenoxy) is 1. The Hall–Kier alpha value is -1.67. The van der Waals surface area contributed by atoms with Crippen LogP contribution in [0.4, 0.5) is 14.9 Å². The fourth-order valence-electron chi connectivity index (χ4n) is 2.16. The highest BCUT2D eigenvalue weighted by Crippen LogP contribution is 2.37. The molecular weight excluding hydrogens is 314 g/mol. The Labute approximate surface area is 142 Å². The minimum atomic E-state index is -0.956. The number of hydrogen-bond donors (Lipinski definition) is 1. The van der Waals surface area contributed by atoms with Crippen molar-refractivity contribution in [2.45, 2.75) is 65.3 Å². The van der Waals surface area contributed by atoms with Crippen LogP contribution < -0.4 is 10.8 Å². The van der Waals surface area contributed by atoms with Crippen molar-refractivity contribution in [3.8, 4) is 0 Å². The molecule has 0 aromatic carbocycles. The number of nitrogens with zero attached hydrogens (tertiary/aromatic N) is 1. The maximum Gasteiger partial charge on any atom is 0.500 e. The average Bonchev–Trinajstić information content (AvgIpc) is 2.55. The molecule has 0 unspecified atom stereocenters. The third-order valence-electron chi connectivity index (χ3n) is 4.06. The first kappa shape index (κ1) is 18.7. The number of amides is 1. The third-order valence-corrected chi connectivity index (χ3v) is 4.06. The van der Waals surface area contributed by atoms with Crippen molar-refractivity contribution in [2.75, 3.05) is 5.32 Å². The number of nitrogens with one attached hydrogen (secondary N) is 1. The van der Waals surface area contributed by atoms with E-state index in [4.69, 9.17) is 14.0 Å². The van der Waals surface area contributed by atoms with Gasteiger partial charge in [-0.1, -0.05) is 0 Å². The molecule has 0 bridgehead atoms. The van der Waals surface area contributed by atoms with Crippen LogP contribution >= 0.6 is 0 Å². The third kappa shape index (κ3) is 3.87. The monoisotopic (exact) mass is 338 g/mol. The van der Waals surface area contributed by atoms with Crippen LogP contribution in [0.3, 0.4) is 0 Å². The van der Waals surface area contributed by atoms with Crippen molar-refractivity contribution < 1.29 is 23.2 Å². The topological polar surface area (TPSA) is 69.7 Å². The van der Waals surface area contributed by atoms with Crippen LogP contribution in [0, 0.1) is 5.82 Å². The number of pyridine rings is 1. The Kier molecular flexibility index (Phi) is 4.67. The van der Waals surface area contributed by atoms with Gasteiger partial charge in [-0.15, -0.1) is 0 Å². The fraction of sp³-hybridized carbons (Fsp3) is 0.625. The normalized spacial score (nSPS) is 19.2. The van der Waals surface area contributed by atoms with E-state index in [9.17, 15) is 9.18 Å². The van der Waals surface area contributed by atoms with E-state index < -0.39 is 35.8 Å². The largest absolute Gasteiger partial charge is 0.500 e. The molecule has 0 aliphatic carbocycles. The second-order valence-corrected chi connectivity index (χ2v) is 7.80. The lowest BCUT2D eigenvalue weighted by Crippen LogP contribution is -2.41. The summed E-state index contributed by atoms with van der Waals surface area (Å²) >= 11 is 0. The van der Waals surface area contributed by atoms with Gasteiger partial charge in [-0.2, -0.15) is 0 Å². The summed E-state index contributed by atoms with van der Waals surface area (Å²) in [5.74, 6) is -0.623. The van der Waals surface area contributed by atoms with Crippen LogP contribution in [-0.4, -0.2) is 35.0 Å². The highest BCUT2D eigenvalue weighted by Gasteiger charge is 2.53. The highest BCUT2D eigenvalue weighted by atomic mass is 19.1. The van der Waals surface area contributed by atoms with E-state index in [1.54, 1.807) is 20.8 Å². The van der Waals surface area contributed by atoms with Gasteiger partial charge < -0.3 is 14.0 Å². The van der Waals surface area contributed by atoms with Crippen LogP contribution in [0.25, 0.3) is 0 Å². The molecular formula is C16H24BFN2O4. The number of anilines is 1. The van der Waals surface area contributed by atoms with E-state index >= 15 is 0 Å². The standard InChI is InChI=1S/C16H24BFN2O4/c1-14(2,3)22-13(21)20-11-9-19-8-10(18)12(11)17-23-15(4,5)16(6,7)24-17/h8-9H,1-7H3,(H,20,21). The number of halogens is 1. The van der Waals surface area contributed by atoms with Gasteiger partial charge in [0, 0.05) is 5.46 Å². The molecule has 1 aromatic heterocycles. The van der Waals surface area contributed by atoms with Gasteiger partial charge in [0.05, 0.1) is 29.3 Å². The predicted octanol–water partition coefficient (Wildman–Crippen LogP) is 2.87. The molecule has 1 amide bonds. The van der Waals surface area contributed by atoms with Crippen LogP contribution in [-0.2, 0) is 14.0 Å². The number of carbonyl (C=O) groups excluding carboxylic acids is 1. The first-order valence-electron chi connectivity index (χ1n) is 7.81. The lowest BCUT2D eigenvalue weighted by molar-refractivity contribution is 0.00578. The molecule has 0 saturated carbocycles. The summed E-state index contributed by atoms with van der Waals surface area (Å²) in [6, 6.07) is 0. The fourth-order valence-corrected chi connectivity index (χ4v) is 2.16. The maximum atomic E-state index is 14.4. The molecule has 2 heterocycles. The Morgan fingerprint density at radius 2 is 1.75 bits per heavy atom. The van der Waals surface area contributed by atoms with Gasteiger partial charge in [-0.25, -0.2) is 9.18 Å². The molecule has 1 aliphatic heterocycles. The number of aromatic nitrogens is 1. The molecule has 2 rings (SSSR count). The highest BCUT2D eigenvalue weighted by molar-refractivity contribution is 6.64. The van der Waals surface area contributed by atoms with Gasteiger partial charge in [0.15, 0.2) is 0 Å². The quantitative estimate of drug-likeness (QED) is 0.840. The SMILES string of the molecule is CC(C)(C)OC(=O)Nc1cncc(F)c1B1OC(C)(C)C(C)(C)O1. The second-order valence-electron chi connectivity index (χ2n) is 7.80. The second kappa shape index (κ2) is 6.00. The predicted molar refractivity (Wildman–Crippen MR) is 89.8 cm³/mol. The maximum absolute atomic E-state index is 14.4. The average molecular weight is 338 g/mol. The molecule has 132 valence electrons. The smallest absolute Gasteiger partial charge is 0.444 e. The van der Waals surface area contributed by atoms with E-state index in [1.807, 2.05) is 27.7 Å². The van der Waals surface area contributed by atoms with Crippen molar-refractivity contribution in [3.05, 3.63) is 18.2 Å². The summed E-state index contributed by atoms with van der Waals surface area (Å²) in [7, 11) is -0.956. The van der Waals surface area contributed by atoms with Crippen molar-refractivity contribution >= 4 is 24.4 Å². The van der Waals surface area contributed by atoms with Crippen LogP contribution in [0.15, 0.2) is 12.4 Å². The van der Waals surface area contributed by atoms with Crippen molar-refractivity contribution in [2.24, 2.45) is 0 Å². The molecule has 1 aromatic rings. The van der Waals surface area contributed by atoms with Gasteiger partial charge in [-0.3, -0.25) is 10.3 Å². The number of hydrogen-bond acceptors (Lipinski definition) is 5. The lowest BCUT2D eigenvalue weighted by atomic mass is 9.78. The first-order valence-corrected chi connectivity index (χ1v) is 7.81. The first-order chi connectivity index (χ1) is 10.8. The van der Waals surface area contributed by atoms with Gasteiger partial charge in [0.2, 0.25) is 0 Å². The molecule has 1 N–H and O–H groups in total. The van der Waals surface area contributed by atoms with Crippen LogP contribution in [0.2, 0.25) is 0 Å². The summed E-state index contributed by atoms with van der Waals surface area (Å²) in [6.07, 6.45) is 1.70. The van der Waals surface area contributed by atoms with E-state index in [1.165, 1.54) is 6.20 Å². The Morgan fingerprint density at radius 3 is 2.25 bits per heavy atom. The molecule has 0 spiro atoms. The molecule has 24 heavy (non-hydrogen) atoms. The number of carbonyl (C=O) groups is 1. The molecule has 1 fully saturated rings. The van der Waals surface area contributed by atoms with Gasteiger partial charge in [0.1, 0.15) is 11.4 Å². The van der Waals surface area contributed by atoms with Crippen molar-refractivity contribution in [1.82, 2.24) is 4.98 Å². The zero-order chi connectivity index (χ0) is 18.3. The Bertz CT molecular complexity index is 627. The van der Waals surface area contributed by atoms with Gasteiger partial charge in [0.25, 0.3) is 0 Å². The minimum Gasteiger partial charge on any atom is -0.444 e. The van der Waals surface area contributed by atoms with E-state index in [0.717, 1.165) is 6.20 Å². The molecule has 0 radical (unpaired) electrons. The minimum absolute atomic E-state index is 0.0921. The molecule has 6 nitrogen and oxygen atoms in total. The van der Waals surface area contributed by atoms with Gasteiger partial charge >= 0.3 is 13.2 Å². The number of rotatable bonds is 2. The summed E-state index contributed by atoms with van der Waals surface area (Å²) in [5.41, 5.74) is -1.68. The summed E-state index contributed by atoms with van der Waals surface area (Å²) < 4.78 is 31.3. The van der Waals surface area contributed by atoms with E-state index in [-0.39, 0.29) is 11.2 Å². The van der Waals surface area contributed by atoms with E-state index in [2.05, 4.69) is 10.3 Å². The molecule has 8 heteroatoms. The van der Waals surface area contributed by atoms with Crippen molar-refractivity contribution in [1.29, 1.82) is 0 Å². The summed E-state index contributed by atoms with van der Waals surface area (Å²) in [4.78, 5) is 15.8. The lowest BCUT2D eigenvalue weighted by Gasteiger charge is -2.32. The zero-order valence-corrected chi connectivity index (χ0v) is 15.2. The summed E-state index contributed by atoms with van der Waals surface area (Å²) in [6.45, 7) is 12.7. The van der Waals surface area contributed by atoms with E-state index in [0.29, 0.717) is 0 Å².